The van der Waals surface area contributed by atoms with Crippen molar-refractivity contribution in [1.29, 1.82) is 0 Å². The molecular formula is C18H20F3N3OS. The highest BCUT2D eigenvalue weighted by Crippen LogP contribution is 2.34. The molecular weight excluding hydrogens is 363 g/mol. The molecule has 8 heteroatoms. The van der Waals surface area contributed by atoms with E-state index in [4.69, 9.17) is 0 Å². The molecule has 0 N–H and O–H groups in total. The molecule has 0 unspecified atom stereocenters. The van der Waals surface area contributed by atoms with Crippen LogP contribution in [0.4, 0.5) is 18.9 Å². The van der Waals surface area contributed by atoms with Crippen molar-refractivity contribution in [2.24, 2.45) is 4.99 Å². The maximum atomic E-state index is 12.9. The molecule has 0 aliphatic carbocycles. The molecule has 0 spiro atoms. The Bertz CT molecular complexity index is 765. The molecule has 0 bridgehead atoms. The largest absolute Gasteiger partial charge is 0.416 e. The van der Waals surface area contributed by atoms with Crippen LogP contribution in [0.1, 0.15) is 25.8 Å². The normalized spacial score (nSPS) is 20.5. The van der Waals surface area contributed by atoms with E-state index in [2.05, 4.69) is 4.99 Å². The van der Waals surface area contributed by atoms with Gasteiger partial charge in [0.05, 0.1) is 10.5 Å². The lowest BCUT2D eigenvalue weighted by Crippen LogP contribution is -2.47. The number of nitrogens with zero attached hydrogens (tertiary/aromatic N) is 3. The number of amidine groups is 1. The molecule has 140 valence electrons. The van der Waals surface area contributed by atoms with E-state index in [1.807, 2.05) is 23.6 Å². The van der Waals surface area contributed by atoms with Crippen LogP contribution in [0.5, 0.6) is 0 Å². The molecule has 2 aliphatic heterocycles. The zero-order chi connectivity index (χ0) is 18.9. The maximum Gasteiger partial charge on any atom is 0.416 e. The van der Waals surface area contributed by atoms with E-state index < -0.39 is 11.7 Å². The fraction of sp³-hybridized carbons (Fsp3) is 0.444. The number of halogens is 3. The topological polar surface area (TPSA) is 35.9 Å². The minimum absolute atomic E-state index is 0.190. The fourth-order valence-electron chi connectivity index (χ4n) is 2.90. The second-order valence-electron chi connectivity index (χ2n) is 6.29. The average molecular weight is 383 g/mol. The smallest absolute Gasteiger partial charge is 0.368 e. The van der Waals surface area contributed by atoms with Crippen molar-refractivity contribution < 1.29 is 18.0 Å². The summed E-state index contributed by atoms with van der Waals surface area (Å²) in [6.07, 6.45) is -3.53. The molecule has 1 saturated heterocycles. The van der Waals surface area contributed by atoms with Gasteiger partial charge in [0.15, 0.2) is 5.17 Å². The highest BCUT2D eigenvalue weighted by atomic mass is 32.2. The number of aliphatic imine (C=N–C) groups is 1. The lowest BCUT2D eigenvalue weighted by atomic mass is 10.1. The van der Waals surface area contributed by atoms with Gasteiger partial charge in [-0.15, -0.1) is 0 Å². The van der Waals surface area contributed by atoms with Gasteiger partial charge in [0.1, 0.15) is 0 Å². The zero-order valence-electron chi connectivity index (χ0n) is 14.6. The van der Waals surface area contributed by atoms with Crippen LogP contribution < -0.4 is 4.90 Å². The van der Waals surface area contributed by atoms with Crippen LogP contribution in [-0.4, -0.2) is 42.2 Å². The SMILES string of the molecule is CCC(C)=C1SC(N2CCN(c3cccc(C(F)(F)F)c3)CC2)=NC1=O. The first-order chi connectivity index (χ1) is 12.3. The number of thioether (sulfide) groups is 1. The van der Waals surface area contributed by atoms with Gasteiger partial charge >= 0.3 is 6.18 Å². The summed E-state index contributed by atoms with van der Waals surface area (Å²) in [7, 11) is 0. The number of hydrogen-bond donors (Lipinski definition) is 0. The van der Waals surface area contributed by atoms with Crippen molar-refractivity contribution in [3.05, 3.63) is 40.3 Å². The standard InChI is InChI=1S/C18H20F3N3OS/c1-3-12(2)15-16(25)22-17(26-15)24-9-7-23(8-10-24)14-6-4-5-13(11-14)18(19,20)21/h4-6,11H,3,7-10H2,1-2H3. The van der Waals surface area contributed by atoms with E-state index in [1.54, 1.807) is 6.07 Å². The molecule has 3 rings (SSSR count). The predicted octanol–water partition coefficient (Wildman–Crippen LogP) is 4.14. The van der Waals surface area contributed by atoms with Gasteiger partial charge in [-0.05, 0) is 43.3 Å². The minimum atomic E-state index is -4.34. The molecule has 2 heterocycles. The third-order valence-corrected chi connectivity index (χ3v) is 5.85. The van der Waals surface area contributed by atoms with Gasteiger partial charge in [-0.25, -0.2) is 0 Å². The van der Waals surface area contributed by atoms with Crippen LogP contribution in [0.2, 0.25) is 0 Å². The molecule has 1 aromatic carbocycles. The summed E-state index contributed by atoms with van der Waals surface area (Å²) >= 11 is 1.40. The number of benzene rings is 1. The van der Waals surface area contributed by atoms with Crippen LogP contribution in [0.15, 0.2) is 39.7 Å². The van der Waals surface area contributed by atoms with E-state index in [9.17, 15) is 18.0 Å². The average Bonchev–Trinajstić information content (AvgIpc) is 3.02. The Balaban J connectivity index is 1.66. The summed E-state index contributed by atoms with van der Waals surface area (Å²) in [5.41, 5.74) is 0.962. The fourth-order valence-corrected chi connectivity index (χ4v) is 3.97. The Morgan fingerprint density at radius 2 is 1.85 bits per heavy atom. The van der Waals surface area contributed by atoms with E-state index in [1.165, 1.54) is 23.9 Å². The second kappa shape index (κ2) is 7.34. The Hall–Kier alpha value is -1.96. The molecule has 0 aromatic heterocycles. The molecule has 0 atom stereocenters. The monoisotopic (exact) mass is 383 g/mol. The molecule has 0 saturated carbocycles. The van der Waals surface area contributed by atoms with E-state index in [0.29, 0.717) is 41.9 Å². The lowest BCUT2D eigenvalue weighted by Gasteiger charge is -2.36. The van der Waals surface area contributed by atoms with E-state index in [0.717, 1.165) is 18.1 Å². The van der Waals surface area contributed by atoms with Crippen molar-refractivity contribution >= 4 is 28.5 Å². The highest BCUT2D eigenvalue weighted by molar-refractivity contribution is 8.18. The Kier molecular flexibility index (Phi) is 5.32. The van der Waals surface area contributed by atoms with Gasteiger partial charge in [0, 0.05) is 31.9 Å². The van der Waals surface area contributed by atoms with Crippen LogP contribution in [0.3, 0.4) is 0 Å². The first-order valence-corrected chi connectivity index (χ1v) is 9.29. The van der Waals surface area contributed by atoms with Gasteiger partial charge in [-0.3, -0.25) is 4.79 Å². The summed E-state index contributed by atoms with van der Waals surface area (Å²) in [5, 5.41) is 0.696. The van der Waals surface area contributed by atoms with Crippen molar-refractivity contribution in [3.63, 3.8) is 0 Å². The van der Waals surface area contributed by atoms with Gasteiger partial charge < -0.3 is 9.80 Å². The number of carbonyl (C=O) groups is 1. The third kappa shape index (κ3) is 3.90. The van der Waals surface area contributed by atoms with Gasteiger partial charge in [-0.1, -0.05) is 18.6 Å². The summed E-state index contributed by atoms with van der Waals surface area (Å²) < 4.78 is 38.7. The first kappa shape index (κ1) is 18.8. The minimum Gasteiger partial charge on any atom is -0.368 e. The molecule has 1 aromatic rings. The van der Waals surface area contributed by atoms with Crippen molar-refractivity contribution in [2.45, 2.75) is 26.4 Å². The molecule has 26 heavy (non-hydrogen) atoms. The van der Waals surface area contributed by atoms with Crippen LogP contribution in [0.25, 0.3) is 0 Å². The number of rotatable bonds is 2. The summed E-state index contributed by atoms with van der Waals surface area (Å²) in [4.78, 5) is 20.8. The number of anilines is 1. The maximum absolute atomic E-state index is 12.9. The predicted molar refractivity (Wildman–Crippen MR) is 98.3 cm³/mol. The molecule has 1 amide bonds. The van der Waals surface area contributed by atoms with Crippen LogP contribution >= 0.6 is 11.8 Å². The Morgan fingerprint density at radius 1 is 1.19 bits per heavy atom. The van der Waals surface area contributed by atoms with Crippen molar-refractivity contribution in [2.75, 3.05) is 31.1 Å². The number of hydrogen-bond acceptors (Lipinski definition) is 4. The summed E-state index contributed by atoms with van der Waals surface area (Å²) in [6, 6.07) is 5.40. The Morgan fingerprint density at radius 3 is 2.46 bits per heavy atom. The number of piperazine rings is 1. The quantitative estimate of drug-likeness (QED) is 0.719. The van der Waals surface area contributed by atoms with Crippen molar-refractivity contribution in [1.82, 2.24) is 4.90 Å². The Labute approximate surface area is 154 Å². The highest BCUT2D eigenvalue weighted by Gasteiger charge is 2.32. The lowest BCUT2D eigenvalue weighted by molar-refractivity contribution is -0.137. The van der Waals surface area contributed by atoms with E-state index in [-0.39, 0.29) is 5.91 Å². The van der Waals surface area contributed by atoms with Gasteiger partial charge in [0.2, 0.25) is 0 Å². The summed E-state index contributed by atoms with van der Waals surface area (Å²) in [5.74, 6) is -0.190. The van der Waals surface area contributed by atoms with E-state index >= 15 is 0 Å². The second-order valence-corrected chi connectivity index (χ2v) is 7.26. The molecule has 2 aliphatic rings. The van der Waals surface area contributed by atoms with Crippen LogP contribution in [0, 0.1) is 0 Å². The molecule has 4 nitrogen and oxygen atoms in total. The zero-order valence-corrected chi connectivity index (χ0v) is 15.5. The first-order valence-electron chi connectivity index (χ1n) is 8.47. The molecule has 1 fully saturated rings. The number of alkyl halides is 3. The summed E-state index contributed by atoms with van der Waals surface area (Å²) in [6.45, 7) is 6.34. The van der Waals surface area contributed by atoms with Crippen LogP contribution in [-0.2, 0) is 11.0 Å². The van der Waals surface area contributed by atoms with Gasteiger partial charge in [0.25, 0.3) is 5.91 Å². The number of amides is 1. The number of carbonyl (C=O) groups excluding carboxylic acids is 1. The van der Waals surface area contributed by atoms with Gasteiger partial charge in [-0.2, -0.15) is 18.2 Å². The third-order valence-electron chi connectivity index (χ3n) is 4.59. The van der Waals surface area contributed by atoms with Crippen molar-refractivity contribution in [3.8, 4) is 0 Å². The molecule has 0 radical (unpaired) electrons. The number of allylic oxidation sites excluding steroid dienone is 1.